The first-order valence-electron chi connectivity index (χ1n) is 12.9. The number of aliphatic hydroxyl groups is 3. The van der Waals surface area contributed by atoms with Crippen molar-refractivity contribution in [2.45, 2.75) is 83.0 Å². The highest BCUT2D eigenvalue weighted by Crippen LogP contribution is 2.12. The van der Waals surface area contributed by atoms with Gasteiger partial charge in [0, 0.05) is 13.1 Å². The first kappa shape index (κ1) is 31.2. The minimum atomic E-state index is -1.60. The van der Waals surface area contributed by atoms with Gasteiger partial charge in [0.05, 0.1) is 24.3 Å². The van der Waals surface area contributed by atoms with Crippen LogP contribution < -0.4 is 16.0 Å². The Hall–Kier alpha value is -2.98. The quantitative estimate of drug-likeness (QED) is 0.233. The first-order chi connectivity index (χ1) is 17.7. The van der Waals surface area contributed by atoms with E-state index in [1.165, 1.54) is 13.8 Å². The van der Waals surface area contributed by atoms with Crippen LogP contribution in [0.3, 0.4) is 0 Å². The van der Waals surface area contributed by atoms with Crippen LogP contribution in [0.5, 0.6) is 0 Å². The minimum absolute atomic E-state index is 0.0607. The van der Waals surface area contributed by atoms with Crippen molar-refractivity contribution in [2.75, 3.05) is 13.1 Å². The lowest BCUT2D eigenvalue weighted by Crippen LogP contribution is -2.55. The Labute approximate surface area is 225 Å². The summed E-state index contributed by atoms with van der Waals surface area (Å²) in [6.45, 7) is 8.19. The number of benzene rings is 2. The number of carbonyl (C=O) groups excluding carboxylic acids is 2. The average Bonchev–Trinajstić information content (AvgIpc) is 2.82. The summed E-state index contributed by atoms with van der Waals surface area (Å²) in [5, 5.41) is 40.5. The maximum absolute atomic E-state index is 12.4. The third kappa shape index (κ3) is 11.6. The topological polar surface area (TPSA) is 140 Å². The zero-order valence-electron chi connectivity index (χ0n) is 23.0. The van der Waals surface area contributed by atoms with Crippen molar-refractivity contribution in [1.29, 1.82) is 0 Å². The lowest BCUT2D eigenvalue weighted by atomic mass is 9.99. The monoisotopic (exact) mass is 529 g/mol. The van der Waals surface area contributed by atoms with E-state index >= 15 is 0 Å². The van der Waals surface area contributed by atoms with Crippen LogP contribution in [0.4, 0.5) is 4.79 Å². The summed E-state index contributed by atoms with van der Waals surface area (Å²) in [5.41, 5.74) is -0.436. The number of rotatable bonds is 13. The number of nitrogens with one attached hydrogen (secondary N) is 3. The molecule has 2 rings (SSSR count). The van der Waals surface area contributed by atoms with Crippen LogP contribution in [-0.2, 0) is 22.4 Å². The maximum atomic E-state index is 12.4. The van der Waals surface area contributed by atoms with Gasteiger partial charge in [-0.2, -0.15) is 0 Å². The molecule has 2 aromatic rings. The van der Waals surface area contributed by atoms with Crippen LogP contribution in [0, 0.1) is 0 Å². The van der Waals surface area contributed by atoms with E-state index in [0.29, 0.717) is 12.8 Å². The van der Waals surface area contributed by atoms with Gasteiger partial charge in [0.1, 0.15) is 11.2 Å². The molecule has 0 aliphatic carbocycles. The zero-order chi connectivity index (χ0) is 28.3. The molecule has 210 valence electrons. The molecule has 2 amide bonds. The molecule has 0 saturated carbocycles. The van der Waals surface area contributed by atoms with Crippen molar-refractivity contribution >= 4 is 12.0 Å². The second-order valence-corrected chi connectivity index (χ2v) is 11.1. The number of ether oxygens (including phenoxy) is 1. The fourth-order valence-corrected chi connectivity index (χ4v) is 3.77. The summed E-state index contributed by atoms with van der Waals surface area (Å²) in [5.74, 6) is -0.595. The molecule has 9 heteroatoms. The molecular weight excluding hydrogens is 486 g/mol. The van der Waals surface area contributed by atoms with Crippen LogP contribution in [0.2, 0.25) is 0 Å². The Balaban J connectivity index is 2.03. The molecule has 1 unspecified atom stereocenters. The molecule has 4 atom stereocenters. The summed E-state index contributed by atoms with van der Waals surface area (Å²) in [7, 11) is 0. The molecule has 0 aromatic heterocycles. The first-order valence-corrected chi connectivity index (χ1v) is 12.9. The van der Waals surface area contributed by atoms with Gasteiger partial charge in [-0.25, -0.2) is 4.79 Å². The fraction of sp³-hybridized carbons (Fsp3) is 0.517. The Kier molecular flexibility index (Phi) is 11.7. The summed E-state index contributed by atoms with van der Waals surface area (Å²) in [6, 6.07) is 17.6. The highest BCUT2D eigenvalue weighted by molar-refractivity contribution is 5.84. The van der Waals surface area contributed by atoms with E-state index in [-0.39, 0.29) is 13.1 Å². The van der Waals surface area contributed by atoms with E-state index in [2.05, 4.69) is 16.0 Å². The molecule has 38 heavy (non-hydrogen) atoms. The van der Waals surface area contributed by atoms with Gasteiger partial charge < -0.3 is 36.0 Å². The molecule has 0 spiro atoms. The van der Waals surface area contributed by atoms with Crippen LogP contribution >= 0.6 is 0 Å². The Morgan fingerprint density at radius 3 is 1.58 bits per heavy atom. The van der Waals surface area contributed by atoms with Gasteiger partial charge >= 0.3 is 6.09 Å². The molecule has 0 saturated heterocycles. The molecule has 0 radical (unpaired) electrons. The number of aliphatic hydroxyl groups excluding tert-OH is 2. The van der Waals surface area contributed by atoms with Gasteiger partial charge in [0.15, 0.2) is 0 Å². The molecule has 0 bridgehead atoms. The SMILES string of the molecule is CC(C)(C)OC(=O)N[C@@H](Cc1ccccc1)[C@H](O)CNCC(O)[C@H](Cc1ccccc1)NC(=O)C(C)(C)O. The number of hydrogen-bond donors (Lipinski definition) is 6. The van der Waals surface area contributed by atoms with Crippen molar-refractivity contribution in [1.82, 2.24) is 16.0 Å². The molecule has 6 N–H and O–H groups in total. The van der Waals surface area contributed by atoms with Crippen LogP contribution in [-0.4, -0.2) is 75.9 Å². The average molecular weight is 530 g/mol. The highest BCUT2D eigenvalue weighted by Gasteiger charge is 2.30. The highest BCUT2D eigenvalue weighted by atomic mass is 16.6. The molecule has 0 fully saturated rings. The molecule has 0 aliphatic rings. The predicted octanol–water partition coefficient (Wildman–Crippen LogP) is 1.93. The summed E-state index contributed by atoms with van der Waals surface area (Å²) in [4.78, 5) is 24.9. The smallest absolute Gasteiger partial charge is 0.407 e. The summed E-state index contributed by atoms with van der Waals surface area (Å²) in [6.07, 6.45) is -1.91. The summed E-state index contributed by atoms with van der Waals surface area (Å²) < 4.78 is 5.37. The van der Waals surface area contributed by atoms with Crippen molar-refractivity contribution in [3.05, 3.63) is 71.8 Å². The van der Waals surface area contributed by atoms with Gasteiger partial charge in [-0.15, -0.1) is 0 Å². The normalized spacial score (nSPS) is 15.2. The number of hydrogen-bond acceptors (Lipinski definition) is 7. The van der Waals surface area contributed by atoms with E-state index < -0.39 is 47.5 Å². The number of carbonyl (C=O) groups is 2. The van der Waals surface area contributed by atoms with E-state index in [1.54, 1.807) is 20.8 Å². The van der Waals surface area contributed by atoms with Gasteiger partial charge in [0.25, 0.3) is 5.91 Å². The van der Waals surface area contributed by atoms with Crippen molar-refractivity contribution in [3.8, 4) is 0 Å². The molecule has 0 aliphatic heterocycles. The van der Waals surface area contributed by atoms with Crippen LogP contribution in [0.25, 0.3) is 0 Å². The van der Waals surface area contributed by atoms with E-state index in [9.17, 15) is 24.9 Å². The van der Waals surface area contributed by atoms with E-state index in [4.69, 9.17) is 4.74 Å². The summed E-state index contributed by atoms with van der Waals surface area (Å²) >= 11 is 0. The predicted molar refractivity (Wildman–Crippen MR) is 147 cm³/mol. The second-order valence-electron chi connectivity index (χ2n) is 11.1. The lowest BCUT2D eigenvalue weighted by Gasteiger charge is -2.29. The molecule has 9 nitrogen and oxygen atoms in total. The maximum Gasteiger partial charge on any atom is 0.407 e. The van der Waals surface area contributed by atoms with E-state index in [0.717, 1.165) is 11.1 Å². The standard InChI is InChI=1S/C29H43N3O6/c1-28(2,3)38-27(36)32-23(17-21-14-10-7-11-15-21)25(34)19-30-18-24(33)22(31-26(35)29(4,5)37)16-20-12-8-6-9-13-20/h6-15,22-25,30,33-34,37H,16-19H2,1-5H3,(H,31,35)(H,32,36)/t22-,23-,24?,25+/m0/s1. The molecule has 2 aromatic carbocycles. The van der Waals surface area contributed by atoms with Gasteiger partial charge in [-0.05, 0) is 58.6 Å². The lowest BCUT2D eigenvalue weighted by molar-refractivity contribution is -0.138. The number of amides is 2. The minimum Gasteiger partial charge on any atom is -0.444 e. The van der Waals surface area contributed by atoms with Crippen molar-refractivity contribution in [2.24, 2.45) is 0 Å². The third-order valence-electron chi connectivity index (χ3n) is 5.81. The Bertz CT molecular complexity index is 989. The van der Waals surface area contributed by atoms with Crippen LogP contribution in [0.1, 0.15) is 45.7 Å². The Morgan fingerprint density at radius 1 is 0.763 bits per heavy atom. The van der Waals surface area contributed by atoms with E-state index in [1.807, 2.05) is 60.7 Å². The zero-order valence-corrected chi connectivity index (χ0v) is 23.0. The fourth-order valence-electron chi connectivity index (χ4n) is 3.77. The van der Waals surface area contributed by atoms with Gasteiger partial charge in [-0.3, -0.25) is 4.79 Å². The molecular formula is C29H43N3O6. The van der Waals surface area contributed by atoms with Crippen molar-refractivity contribution in [3.63, 3.8) is 0 Å². The number of alkyl carbamates (subject to hydrolysis) is 1. The largest absolute Gasteiger partial charge is 0.444 e. The second kappa shape index (κ2) is 14.2. The third-order valence-corrected chi connectivity index (χ3v) is 5.81. The van der Waals surface area contributed by atoms with Gasteiger partial charge in [-0.1, -0.05) is 60.7 Å². The Morgan fingerprint density at radius 2 is 1.18 bits per heavy atom. The van der Waals surface area contributed by atoms with Gasteiger partial charge in [0.2, 0.25) is 0 Å². The van der Waals surface area contributed by atoms with Crippen molar-refractivity contribution < 1.29 is 29.6 Å². The molecule has 0 heterocycles. The van der Waals surface area contributed by atoms with Crippen LogP contribution in [0.15, 0.2) is 60.7 Å².